The highest BCUT2D eigenvalue weighted by molar-refractivity contribution is 7.89. The van der Waals surface area contributed by atoms with Crippen LogP contribution >= 0.6 is 34.5 Å². The van der Waals surface area contributed by atoms with Crippen LogP contribution in [0, 0.1) is 0 Å². The van der Waals surface area contributed by atoms with Crippen molar-refractivity contribution in [2.24, 2.45) is 0 Å². The highest BCUT2D eigenvalue weighted by atomic mass is 35.5. The summed E-state index contributed by atoms with van der Waals surface area (Å²) in [6.45, 7) is 0.321. The zero-order valence-corrected chi connectivity index (χ0v) is 13.9. The fourth-order valence-corrected chi connectivity index (χ4v) is 4.38. The summed E-state index contributed by atoms with van der Waals surface area (Å²) in [4.78, 5) is 1.07. The third kappa shape index (κ3) is 3.35. The van der Waals surface area contributed by atoms with Crippen LogP contribution in [0.4, 0.5) is 0 Å². The molecule has 108 valence electrons. The summed E-state index contributed by atoms with van der Waals surface area (Å²) in [6.07, 6.45) is 0. The maximum Gasteiger partial charge on any atom is 0.244 e. The lowest BCUT2D eigenvalue weighted by Gasteiger charge is -2.17. The summed E-state index contributed by atoms with van der Waals surface area (Å²) >= 11 is 13.3. The minimum atomic E-state index is -3.63. The second kappa shape index (κ2) is 6.45. The van der Waals surface area contributed by atoms with Gasteiger partial charge in [0.2, 0.25) is 10.0 Å². The molecule has 1 aromatic heterocycles. The van der Waals surface area contributed by atoms with Crippen molar-refractivity contribution in [3.63, 3.8) is 0 Å². The van der Waals surface area contributed by atoms with E-state index in [9.17, 15) is 8.42 Å². The van der Waals surface area contributed by atoms with Crippen molar-refractivity contribution in [2.45, 2.75) is 17.3 Å². The molecule has 0 N–H and O–H groups in total. The number of halogens is 2. The van der Waals surface area contributed by atoms with Gasteiger partial charge in [0, 0.05) is 24.3 Å². The number of benzene rings is 1. The van der Waals surface area contributed by atoms with E-state index in [0.29, 0.717) is 6.54 Å². The van der Waals surface area contributed by atoms with E-state index in [-0.39, 0.29) is 15.8 Å². The van der Waals surface area contributed by atoms with Crippen molar-refractivity contribution in [3.8, 4) is 0 Å². The summed E-state index contributed by atoms with van der Waals surface area (Å²) in [5.74, 6) is 0.244. The zero-order chi connectivity index (χ0) is 14.8. The number of hydrogen-bond acceptors (Lipinski definition) is 3. The van der Waals surface area contributed by atoms with Gasteiger partial charge in [0.05, 0.1) is 5.02 Å². The van der Waals surface area contributed by atoms with E-state index in [0.717, 1.165) is 10.4 Å². The van der Waals surface area contributed by atoms with Gasteiger partial charge in [0.25, 0.3) is 0 Å². The van der Waals surface area contributed by atoms with Crippen LogP contribution in [-0.2, 0) is 22.4 Å². The first-order chi connectivity index (χ1) is 9.45. The lowest BCUT2D eigenvalue weighted by Crippen LogP contribution is -2.26. The van der Waals surface area contributed by atoms with E-state index in [1.165, 1.54) is 21.7 Å². The summed E-state index contributed by atoms with van der Waals surface area (Å²) in [5.41, 5.74) is 0.721. The molecule has 2 aromatic rings. The molecule has 0 saturated heterocycles. The van der Waals surface area contributed by atoms with Gasteiger partial charge in [-0.2, -0.15) is 4.31 Å². The van der Waals surface area contributed by atoms with Crippen molar-refractivity contribution >= 4 is 44.6 Å². The molecule has 3 nitrogen and oxygen atoms in total. The van der Waals surface area contributed by atoms with Crippen LogP contribution in [0.25, 0.3) is 0 Å². The first-order valence-corrected chi connectivity index (χ1v) is 9.01. The molecular weight excluding hydrogens is 337 g/mol. The first-order valence-electron chi connectivity index (χ1n) is 5.78. The first kappa shape index (κ1) is 15.8. The van der Waals surface area contributed by atoms with Crippen molar-refractivity contribution < 1.29 is 8.42 Å². The van der Waals surface area contributed by atoms with Crippen LogP contribution in [0.5, 0.6) is 0 Å². The molecule has 0 saturated carbocycles. The molecule has 0 radical (unpaired) electrons. The van der Waals surface area contributed by atoms with Gasteiger partial charge in [-0.3, -0.25) is 0 Å². The summed E-state index contributed by atoms with van der Waals surface area (Å²) < 4.78 is 26.4. The minimum Gasteiger partial charge on any atom is -0.207 e. The van der Waals surface area contributed by atoms with E-state index >= 15 is 0 Å². The van der Waals surface area contributed by atoms with E-state index in [4.69, 9.17) is 23.2 Å². The van der Waals surface area contributed by atoms with E-state index < -0.39 is 10.0 Å². The van der Waals surface area contributed by atoms with Crippen molar-refractivity contribution in [3.05, 3.63) is 51.2 Å². The van der Waals surface area contributed by atoms with Crippen LogP contribution < -0.4 is 0 Å². The third-order valence-electron chi connectivity index (χ3n) is 2.80. The topological polar surface area (TPSA) is 37.4 Å². The highest BCUT2D eigenvalue weighted by Gasteiger charge is 2.24. The molecule has 0 amide bonds. The molecule has 0 aliphatic carbocycles. The van der Waals surface area contributed by atoms with Gasteiger partial charge in [-0.25, -0.2) is 8.42 Å². The predicted octanol–water partition coefficient (Wildman–Crippen LogP) is 3.96. The maximum atomic E-state index is 12.6. The third-order valence-corrected chi connectivity index (χ3v) is 6.25. The number of alkyl halides is 1. The van der Waals surface area contributed by atoms with Gasteiger partial charge in [0.15, 0.2) is 0 Å². The van der Waals surface area contributed by atoms with Crippen LogP contribution in [0.15, 0.2) is 40.6 Å². The zero-order valence-electron chi connectivity index (χ0n) is 10.7. The van der Waals surface area contributed by atoms with Crippen molar-refractivity contribution in [1.82, 2.24) is 4.31 Å². The van der Waals surface area contributed by atoms with Gasteiger partial charge in [0.1, 0.15) is 4.90 Å². The Balaban J connectivity index is 2.34. The van der Waals surface area contributed by atoms with Gasteiger partial charge in [-0.05, 0) is 29.1 Å². The average Bonchev–Trinajstić information content (AvgIpc) is 2.92. The van der Waals surface area contributed by atoms with Crippen LogP contribution in [0.1, 0.15) is 10.4 Å². The molecule has 0 unspecified atom stereocenters. The molecule has 2 rings (SSSR count). The second-order valence-corrected chi connectivity index (χ2v) is 7.96. The molecule has 0 bridgehead atoms. The lowest BCUT2D eigenvalue weighted by molar-refractivity contribution is 0.469. The molecule has 7 heteroatoms. The average molecular weight is 350 g/mol. The van der Waals surface area contributed by atoms with Gasteiger partial charge in [-0.15, -0.1) is 22.9 Å². The van der Waals surface area contributed by atoms with Crippen LogP contribution in [0.2, 0.25) is 5.02 Å². The minimum absolute atomic E-state index is 0.0939. The van der Waals surface area contributed by atoms with Gasteiger partial charge >= 0.3 is 0 Å². The number of sulfonamides is 1. The SMILES string of the molecule is CN(Cc1cccs1)S(=O)(=O)c1cc(CCl)ccc1Cl. The Bertz CT molecular complexity index is 684. The molecular formula is C13H13Cl2NO2S2. The Hall–Kier alpha value is -0.590. The molecule has 0 fully saturated rings. The smallest absolute Gasteiger partial charge is 0.207 e. The quantitative estimate of drug-likeness (QED) is 0.766. The number of hydrogen-bond donors (Lipinski definition) is 0. The molecule has 1 aromatic carbocycles. The van der Waals surface area contributed by atoms with Gasteiger partial charge < -0.3 is 0 Å². The molecule has 0 spiro atoms. The Morgan fingerprint density at radius 2 is 2.05 bits per heavy atom. The van der Waals surface area contributed by atoms with E-state index in [2.05, 4.69) is 0 Å². The Labute approximate surface area is 132 Å². The van der Waals surface area contributed by atoms with Gasteiger partial charge in [-0.1, -0.05) is 23.7 Å². The summed E-state index contributed by atoms with van der Waals surface area (Å²) in [6, 6.07) is 8.59. The molecule has 1 heterocycles. The summed E-state index contributed by atoms with van der Waals surface area (Å²) in [5, 5.41) is 2.12. The Kier molecular flexibility index (Phi) is 5.09. The molecule has 20 heavy (non-hydrogen) atoms. The van der Waals surface area contributed by atoms with E-state index in [1.807, 2.05) is 17.5 Å². The maximum absolute atomic E-state index is 12.6. The molecule has 0 atom stereocenters. The fourth-order valence-electron chi connectivity index (χ4n) is 1.70. The predicted molar refractivity (Wildman–Crippen MR) is 84.0 cm³/mol. The van der Waals surface area contributed by atoms with E-state index in [1.54, 1.807) is 19.2 Å². The standard InChI is InChI=1S/C13H13Cl2NO2S2/c1-16(9-11-3-2-6-19-11)20(17,18)13-7-10(8-14)4-5-12(13)15/h2-7H,8-9H2,1H3. The highest BCUT2D eigenvalue weighted by Crippen LogP contribution is 2.27. The lowest BCUT2D eigenvalue weighted by atomic mass is 10.2. The fraction of sp³-hybridized carbons (Fsp3) is 0.231. The van der Waals surface area contributed by atoms with Crippen LogP contribution in [0.3, 0.4) is 0 Å². The number of nitrogens with zero attached hydrogens (tertiary/aromatic N) is 1. The summed E-state index contributed by atoms with van der Waals surface area (Å²) in [7, 11) is -2.09. The monoisotopic (exact) mass is 349 g/mol. The molecule has 0 aliphatic heterocycles. The van der Waals surface area contributed by atoms with Crippen molar-refractivity contribution in [1.29, 1.82) is 0 Å². The molecule has 0 aliphatic rings. The van der Waals surface area contributed by atoms with Crippen molar-refractivity contribution in [2.75, 3.05) is 7.05 Å². The number of thiophene rings is 1. The Morgan fingerprint density at radius 3 is 2.65 bits per heavy atom. The largest absolute Gasteiger partial charge is 0.244 e. The number of rotatable bonds is 5. The normalized spacial score (nSPS) is 12.0. The second-order valence-electron chi connectivity index (χ2n) is 4.24. The van der Waals surface area contributed by atoms with Crippen LogP contribution in [-0.4, -0.2) is 19.8 Å². The Morgan fingerprint density at radius 1 is 1.30 bits per heavy atom.